The maximum absolute atomic E-state index is 11.9. The van der Waals surface area contributed by atoms with E-state index in [0.717, 1.165) is 5.56 Å². The predicted octanol–water partition coefficient (Wildman–Crippen LogP) is 1.34. The zero-order chi connectivity index (χ0) is 13.1. The third kappa shape index (κ3) is 2.63. The van der Waals surface area contributed by atoms with Gasteiger partial charge in [-0.15, -0.1) is 0 Å². The molecule has 0 aliphatic rings. The number of hydrogen-bond acceptors (Lipinski definition) is 3. The van der Waals surface area contributed by atoms with Crippen LogP contribution in [0.5, 0.6) is 0 Å². The van der Waals surface area contributed by atoms with Crippen LogP contribution in [0.2, 0.25) is 0 Å². The number of aryl methyl sites for hydroxylation is 2. The Kier molecular flexibility index (Phi) is 3.23. The second kappa shape index (κ2) is 4.83. The van der Waals surface area contributed by atoms with Crippen molar-refractivity contribution in [2.45, 2.75) is 6.92 Å². The summed E-state index contributed by atoms with van der Waals surface area (Å²) in [5, 5.41) is 2.65. The fourth-order valence-electron chi connectivity index (χ4n) is 1.48. The fraction of sp³-hybridized carbons (Fsp3) is 0.154. The van der Waals surface area contributed by atoms with Crippen molar-refractivity contribution in [2.75, 3.05) is 5.32 Å². The average Bonchev–Trinajstić information content (AvgIpc) is 2.32. The molecule has 0 bridgehead atoms. The normalized spacial score (nSPS) is 10.1. The molecule has 0 spiro atoms. The highest BCUT2D eigenvalue weighted by molar-refractivity contribution is 6.03. The van der Waals surface area contributed by atoms with E-state index in [1.54, 1.807) is 31.6 Å². The van der Waals surface area contributed by atoms with Crippen LogP contribution in [-0.4, -0.2) is 15.5 Å². The van der Waals surface area contributed by atoms with Crippen molar-refractivity contribution in [2.24, 2.45) is 7.05 Å². The van der Waals surface area contributed by atoms with E-state index in [1.165, 1.54) is 10.6 Å². The van der Waals surface area contributed by atoms with E-state index in [2.05, 4.69) is 10.3 Å². The Morgan fingerprint density at radius 1 is 1.33 bits per heavy atom. The summed E-state index contributed by atoms with van der Waals surface area (Å²) in [4.78, 5) is 27.3. The molecule has 0 aromatic carbocycles. The van der Waals surface area contributed by atoms with Gasteiger partial charge in [-0.3, -0.25) is 9.59 Å². The zero-order valence-corrected chi connectivity index (χ0v) is 10.2. The van der Waals surface area contributed by atoms with E-state index in [0.29, 0.717) is 11.4 Å². The first-order valence-electron chi connectivity index (χ1n) is 5.47. The van der Waals surface area contributed by atoms with Crippen molar-refractivity contribution in [3.63, 3.8) is 0 Å². The van der Waals surface area contributed by atoms with Crippen molar-refractivity contribution in [1.29, 1.82) is 0 Å². The zero-order valence-electron chi connectivity index (χ0n) is 10.2. The average molecular weight is 243 g/mol. The summed E-state index contributed by atoms with van der Waals surface area (Å²) in [6.07, 6.45) is 3.18. The van der Waals surface area contributed by atoms with Gasteiger partial charge < -0.3 is 9.88 Å². The summed E-state index contributed by atoms with van der Waals surface area (Å²) < 4.78 is 1.40. The van der Waals surface area contributed by atoms with E-state index >= 15 is 0 Å². The monoisotopic (exact) mass is 243 g/mol. The third-order valence-corrected chi connectivity index (χ3v) is 2.52. The molecule has 2 heterocycles. The molecule has 1 N–H and O–H groups in total. The summed E-state index contributed by atoms with van der Waals surface area (Å²) in [6.45, 7) is 1.91. The SMILES string of the molecule is Cc1ccnc(NC(=O)c2ccn(C)c(=O)c2)c1. The molecule has 0 saturated heterocycles. The number of anilines is 1. The number of carbonyl (C=O) groups is 1. The molecule has 2 aromatic heterocycles. The lowest BCUT2D eigenvalue weighted by Gasteiger charge is -2.05. The predicted molar refractivity (Wildman–Crippen MR) is 68.6 cm³/mol. The van der Waals surface area contributed by atoms with Gasteiger partial charge in [0.1, 0.15) is 5.82 Å². The highest BCUT2D eigenvalue weighted by Gasteiger charge is 2.07. The molecule has 0 aliphatic heterocycles. The van der Waals surface area contributed by atoms with Gasteiger partial charge in [0.05, 0.1) is 0 Å². The summed E-state index contributed by atoms with van der Waals surface area (Å²) in [5.41, 5.74) is 1.10. The summed E-state index contributed by atoms with van der Waals surface area (Å²) in [5.74, 6) is 0.131. The van der Waals surface area contributed by atoms with Gasteiger partial charge in [-0.2, -0.15) is 0 Å². The van der Waals surface area contributed by atoms with Gasteiger partial charge in [0.25, 0.3) is 11.5 Å². The number of carbonyl (C=O) groups excluding carboxylic acids is 1. The first-order chi connectivity index (χ1) is 8.56. The Balaban J connectivity index is 2.22. The lowest BCUT2D eigenvalue weighted by Crippen LogP contribution is -2.20. The van der Waals surface area contributed by atoms with Crippen LogP contribution in [-0.2, 0) is 7.05 Å². The van der Waals surface area contributed by atoms with E-state index in [1.807, 2.05) is 13.0 Å². The van der Waals surface area contributed by atoms with E-state index in [4.69, 9.17) is 0 Å². The molecule has 92 valence electrons. The molecule has 1 amide bonds. The highest BCUT2D eigenvalue weighted by atomic mass is 16.2. The molecular weight excluding hydrogens is 230 g/mol. The maximum atomic E-state index is 11.9. The number of nitrogens with one attached hydrogen (secondary N) is 1. The Bertz CT molecular complexity index is 647. The molecule has 2 rings (SSSR count). The van der Waals surface area contributed by atoms with Crippen molar-refractivity contribution in [1.82, 2.24) is 9.55 Å². The molecule has 0 radical (unpaired) electrons. The molecule has 5 heteroatoms. The summed E-state index contributed by atoms with van der Waals surface area (Å²) >= 11 is 0. The van der Waals surface area contributed by atoms with Gasteiger partial charge >= 0.3 is 0 Å². The van der Waals surface area contributed by atoms with Gasteiger partial charge in [-0.1, -0.05) is 0 Å². The molecule has 0 atom stereocenters. The number of pyridine rings is 2. The minimum atomic E-state index is -0.342. The van der Waals surface area contributed by atoms with Crippen LogP contribution in [0.3, 0.4) is 0 Å². The Labute approximate surface area is 104 Å². The van der Waals surface area contributed by atoms with E-state index in [9.17, 15) is 9.59 Å². The molecule has 0 aliphatic carbocycles. The summed E-state index contributed by atoms with van der Waals surface area (Å²) in [7, 11) is 1.63. The van der Waals surface area contributed by atoms with Gasteiger partial charge in [-0.25, -0.2) is 4.98 Å². The number of aromatic nitrogens is 2. The molecule has 5 nitrogen and oxygen atoms in total. The van der Waals surface area contributed by atoms with E-state index in [-0.39, 0.29) is 11.5 Å². The quantitative estimate of drug-likeness (QED) is 0.865. The van der Waals surface area contributed by atoms with Gasteiger partial charge in [-0.05, 0) is 30.7 Å². The summed E-state index contributed by atoms with van der Waals surface area (Å²) in [6, 6.07) is 6.49. The number of nitrogens with zero attached hydrogens (tertiary/aromatic N) is 2. The minimum absolute atomic E-state index is 0.222. The van der Waals surface area contributed by atoms with Crippen LogP contribution in [0.4, 0.5) is 5.82 Å². The van der Waals surface area contributed by atoms with Crippen LogP contribution in [0, 0.1) is 6.92 Å². The van der Waals surface area contributed by atoms with Crippen molar-refractivity contribution in [3.05, 3.63) is 58.1 Å². The van der Waals surface area contributed by atoms with Crippen molar-refractivity contribution >= 4 is 11.7 Å². The van der Waals surface area contributed by atoms with Crippen LogP contribution in [0.15, 0.2) is 41.5 Å². The first kappa shape index (κ1) is 12.0. The largest absolute Gasteiger partial charge is 0.319 e. The second-order valence-electron chi connectivity index (χ2n) is 4.04. The second-order valence-corrected chi connectivity index (χ2v) is 4.04. The number of hydrogen-bond donors (Lipinski definition) is 1. The minimum Gasteiger partial charge on any atom is -0.319 e. The molecule has 18 heavy (non-hydrogen) atoms. The first-order valence-corrected chi connectivity index (χ1v) is 5.47. The number of amides is 1. The molecule has 2 aromatic rings. The van der Waals surface area contributed by atoms with Crippen LogP contribution in [0.25, 0.3) is 0 Å². The lowest BCUT2D eigenvalue weighted by molar-refractivity contribution is 0.102. The van der Waals surface area contributed by atoms with Crippen LogP contribution < -0.4 is 10.9 Å². The Morgan fingerprint density at radius 3 is 2.78 bits per heavy atom. The molecule has 0 unspecified atom stereocenters. The Morgan fingerprint density at radius 2 is 2.11 bits per heavy atom. The number of rotatable bonds is 2. The topological polar surface area (TPSA) is 64.0 Å². The third-order valence-electron chi connectivity index (χ3n) is 2.52. The van der Waals surface area contributed by atoms with Crippen molar-refractivity contribution in [3.8, 4) is 0 Å². The molecule has 0 saturated carbocycles. The molecular formula is C13H13N3O2. The smallest absolute Gasteiger partial charge is 0.257 e. The fourth-order valence-corrected chi connectivity index (χ4v) is 1.48. The van der Waals surface area contributed by atoms with Crippen LogP contribution >= 0.6 is 0 Å². The van der Waals surface area contributed by atoms with Crippen LogP contribution in [0.1, 0.15) is 15.9 Å². The molecule has 0 fully saturated rings. The highest BCUT2D eigenvalue weighted by Crippen LogP contribution is 2.07. The van der Waals surface area contributed by atoms with Crippen molar-refractivity contribution < 1.29 is 4.79 Å². The van der Waals surface area contributed by atoms with Gasteiger partial charge in [0.15, 0.2) is 0 Å². The van der Waals surface area contributed by atoms with Gasteiger partial charge in [0, 0.05) is 31.1 Å². The maximum Gasteiger partial charge on any atom is 0.257 e. The lowest BCUT2D eigenvalue weighted by atomic mass is 10.2. The Hall–Kier alpha value is -2.43. The van der Waals surface area contributed by atoms with Gasteiger partial charge in [0.2, 0.25) is 0 Å². The standard InChI is InChI=1S/C13H13N3O2/c1-9-3-5-14-11(7-9)15-13(18)10-4-6-16(2)12(17)8-10/h3-8H,1-2H3,(H,14,15,18). The van der Waals surface area contributed by atoms with E-state index < -0.39 is 0 Å².